The number of fused-ring (bicyclic) bond motifs is 1. The number of ether oxygens (including phenoxy) is 1. The van der Waals surface area contributed by atoms with Crippen molar-refractivity contribution in [3.05, 3.63) is 52.8 Å². The summed E-state index contributed by atoms with van der Waals surface area (Å²) in [6.07, 6.45) is 5.75. The molecule has 2 aliphatic carbocycles. The molecule has 9 nitrogen and oxygen atoms in total. The van der Waals surface area contributed by atoms with Gasteiger partial charge in [-0.2, -0.15) is 0 Å². The summed E-state index contributed by atoms with van der Waals surface area (Å²) in [5, 5.41) is 13.0. The van der Waals surface area contributed by atoms with E-state index in [1.807, 2.05) is 0 Å². The number of aromatic nitrogens is 2. The Labute approximate surface area is 180 Å². The number of hydrogen-bond acceptors (Lipinski definition) is 8. The Hall–Kier alpha value is -3.04. The Balaban J connectivity index is 1.25. The number of aliphatic hydroxyl groups is 1. The van der Waals surface area contributed by atoms with Crippen molar-refractivity contribution >= 4 is 17.8 Å². The molecule has 1 aromatic heterocycles. The van der Waals surface area contributed by atoms with Gasteiger partial charge in [0.05, 0.1) is 18.6 Å². The lowest BCUT2D eigenvalue weighted by Gasteiger charge is -2.14. The van der Waals surface area contributed by atoms with Gasteiger partial charge < -0.3 is 15.2 Å². The Morgan fingerprint density at radius 3 is 2.65 bits per heavy atom. The van der Waals surface area contributed by atoms with Gasteiger partial charge in [-0.05, 0) is 55.2 Å². The number of aliphatic hydroxyl groups excluding tert-OH is 1. The van der Waals surface area contributed by atoms with Crippen molar-refractivity contribution in [1.29, 1.82) is 0 Å². The molecule has 9 heteroatoms. The summed E-state index contributed by atoms with van der Waals surface area (Å²) in [6, 6.07) is 7.05. The van der Waals surface area contributed by atoms with Crippen molar-refractivity contribution in [2.24, 2.45) is 0 Å². The molecule has 2 atom stereocenters. The van der Waals surface area contributed by atoms with E-state index in [2.05, 4.69) is 44.3 Å². The van der Waals surface area contributed by atoms with Gasteiger partial charge >= 0.3 is 5.97 Å². The number of esters is 1. The normalized spacial score (nSPS) is 18.2. The molecule has 0 aliphatic heterocycles. The van der Waals surface area contributed by atoms with Gasteiger partial charge in [-0.3, -0.25) is 15.0 Å². The maximum atomic E-state index is 12.2. The standard InChI is InChI=1S/C22H27N5O4/c1-2-31-20(29)10-19(28)26-27-21(30)17-11-23-22(24-12-17)25-18-8-15-6-5-14(13-3-4-13)7-16(15)9-18/h5-7,11-13,18-19,26,28H,2-4,8-10H2,1H3,(H,27,30)(H,23,24,25). The van der Waals surface area contributed by atoms with Gasteiger partial charge in [0.15, 0.2) is 0 Å². The molecule has 2 aliphatic rings. The van der Waals surface area contributed by atoms with E-state index in [4.69, 9.17) is 4.74 Å². The predicted molar refractivity (Wildman–Crippen MR) is 113 cm³/mol. The highest BCUT2D eigenvalue weighted by Gasteiger charge is 2.27. The van der Waals surface area contributed by atoms with Crippen LogP contribution in [0.4, 0.5) is 5.95 Å². The molecule has 1 saturated carbocycles. The molecule has 1 heterocycles. The Kier molecular flexibility index (Phi) is 6.43. The van der Waals surface area contributed by atoms with Crippen LogP contribution in [-0.2, 0) is 22.4 Å². The predicted octanol–water partition coefficient (Wildman–Crippen LogP) is 1.44. The molecule has 0 bridgehead atoms. The van der Waals surface area contributed by atoms with Gasteiger partial charge in [0.1, 0.15) is 6.23 Å². The van der Waals surface area contributed by atoms with Crippen LogP contribution in [0.5, 0.6) is 0 Å². The van der Waals surface area contributed by atoms with Gasteiger partial charge in [0.2, 0.25) is 5.95 Å². The van der Waals surface area contributed by atoms with Crippen LogP contribution in [0.2, 0.25) is 0 Å². The third-order valence-corrected chi connectivity index (χ3v) is 5.48. The van der Waals surface area contributed by atoms with Crippen molar-refractivity contribution < 1.29 is 19.4 Å². The minimum Gasteiger partial charge on any atom is -0.466 e. The molecule has 1 aromatic carbocycles. The number of nitrogens with zero attached hydrogens (tertiary/aromatic N) is 2. The Bertz CT molecular complexity index is 945. The van der Waals surface area contributed by atoms with E-state index >= 15 is 0 Å². The molecule has 164 valence electrons. The lowest BCUT2D eigenvalue weighted by atomic mass is 10.0. The average Bonchev–Trinajstić information content (AvgIpc) is 3.52. The molecule has 0 radical (unpaired) electrons. The number of amides is 1. The fourth-order valence-corrected chi connectivity index (χ4v) is 3.76. The number of rotatable bonds is 9. The summed E-state index contributed by atoms with van der Waals surface area (Å²) in [7, 11) is 0. The van der Waals surface area contributed by atoms with Crippen LogP contribution in [0.15, 0.2) is 30.6 Å². The van der Waals surface area contributed by atoms with Gasteiger partial charge in [-0.1, -0.05) is 18.2 Å². The fourth-order valence-electron chi connectivity index (χ4n) is 3.76. The summed E-state index contributed by atoms with van der Waals surface area (Å²) in [4.78, 5) is 31.9. The number of hydrazine groups is 1. The Morgan fingerprint density at radius 2 is 1.94 bits per heavy atom. The van der Waals surface area contributed by atoms with E-state index < -0.39 is 18.1 Å². The van der Waals surface area contributed by atoms with E-state index in [9.17, 15) is 14.7 Å². The molecule has 4 N–H and O–H groups in total. The molecule has 2 unspecified atom stereocenters. The number of benzene rings is 1. The van der Waals surface area contributed by atoms with Crippen molar-refractivity contribution in [2.75, 3.05) is 11.9 Å². The second kappa shape index (κ2) is 9.40. The number of anilines is 1. The maximum absolute atomic E-state index is 12.2. The molecular formula is C22H27N5O4. The SMILES string of the molecule is CCOC(=O)CC(O)NNC(=O)c1cnc(NC2Cc3ccc(C4CC4)cc3C2)nc1. The fraction of sp³-hybridized carbons (Fsp3) is 0.455. The molecule has 2 aromatic rings. The number of hydrogen-bond donors (Lipinski definition) is 4. The van der Waals surface area contributed by atoms with Gasteiger partial charge in [-0.25, -0.2) is 15.4 Å². The number of nitrogens with one attached hydrogen (secondary N) is 3. The minimum atomic E-state index is -1.26. The van der Waals surface area contributed by atoms with Crippen LogP contribution < -0.4 is 16.2 Å². The molecule has 1 amide bonds. The molecular weight excluding hydrogens is 398 g/mol. The Morgan fingerprint density at radius 1 is 1.19 bits per heavy atom. The molecule has 4 rings (SSSR count). The van der Waals surface area contributed by atoms with Crippen molar-refractivity contribution in [1.82, 2.24) is 20.8 Å². The second-order valence-electron chi connectivity index (χ2n) is 7.97. The molecule has 31 heavy (non-hydrogen) atoms. The highest BCUT2D eigenvalue weighted by atomic mass is 16.5. The van der Waals surface area contributed by atoms with Crippen LogP contribution in [0, 0.1) is 0 Å². The smallest absolute Gasteiger partial charge is 0.309 e. The maximum Gasteiger partial charge on any atom is 0.309 e. The summed E-state index contributed by atoms with van der Waals surface area (Å²) < 4.78 is 4.73. The molecule has 0 saturated heterocycles. The summed E-state index contributed by atoms with van der Waals surface area (Å²) in [5.74, 6) is 0.135. The quantitative estimate of drug-likeness (QED) is 0.270. The summed E-state index contributed by atoms with van der Waals surface area (Å²) >= 11 is 0. The van der Waals surface area contributed by atoms with Crippen LogP contribution in [0.25, 0.3) is 0 Å². The third-order valence-electron chi connectivity index (χ3n) is 5.48. The van der Waals surface area contributed by atoms with E-state index in [0.717, 1.165) is 18.8 Å². The van der Waals surface area contributed by atoms with Gasteiger partial charge in [0.25, 0.3) is 5.91 Å². The molecule has 1 fully saturated rings. The van der Waals surface area contributed by atoms with Crippen molar-refractivity contribution in [3.63, 3.8) is 0 Å². The van der Waals surface area contributed by atoms with Crippen LogP contribution in [0.3, 0.4) is 0 Å². The first-order valence-corrected chi connectivity index (χ1v) is 10.6. The lowest BCUT2D eigenvalue weighted by Crippen LogP contribution is -2.45. The van der Waals surface area contributed by atoms with E-state index in [-0.39, 0.29) is 24.6 Å². The number of carbonyl (C=O) groups is 2. The van der Waals surface area contributed by atoms with Gasteiger partial charge in [0, 0.05) is 18.4 Å². The topological polar surface area (TPSA) is 125 Å². The van der Waals surface area contributed by atoms with E-state index in [0.29, 0.717) is 5.95 Å². The number of carbonyl (C=O) groups excluding carboxylic acids is 2. The zero-order valence-electron chi connectivity index (χ0n) is 17.4. The van der Waals surface area contributed by atoms with Crippen LogP contribution >= 0.6 is 0 Å². The molecule has 0 spiro atoms. The zero-order chi connectivity index (χ0) is 21.8. The monoisotopic (exact) mass is 425 g/mol. The summed E-state index contributed by atoms with van der Waals surface area (Å²) in [6.45, 7) is 1.90. The van der Waals surface area contributed by atoms with E-state index in [1.165, 1.54) is 41.9 Å². The highest BCUT2D eigenvalue weighted by Crippen LogP contribution is 2.41. The first-order valence-electron chi connectivity index (χ1n) is 10.6. The van der Waals surface area contributed by atoms with E-state index in [1.54, 1.807) is 6.92 Å². The van der Waals surface area contributed by atoms with Crippen molar-refractivity contribution in [2.45, 2.75) is 57.2 Å². The first-order chi connectivity index (χ1) is 15.0. The van der Waals surface area contributed by atoms with Crippen LogP contribution in [0.1, 0.15) is 59.2 Å². The average molecular weight is 425 g/mol. The van der Waals surface area contributed by atoms with Crippen LogP contribution in [-0.4, -0.2) is 45.8 Å². The lowest BCUT2D eigenvalue weighted by molar-refractivity contribution is -0.145. The third kappa shape index (κ3) is 5.56. The van der Waals surface area contributed by atoms with Gasteiger partial charge in [-0.15, -0.1) is 0 Å². The highest BCUT2D eigenvalue weighted by molar-refractivity contribution is 5.93. The largest absolute Gasteiger partial charge is 0.466 e. The summed E-state index contributed by atoms with van der Waals surface area (Å²) in [5.41, 5.74) is 9.12. The first kappa shape index (κ1) is 21.2. The van der Waals surface area contributed by atoms with Crippen molar-refractivity contribution in [3.8, 4) is 0 Å². The zero-order valence-corrected chi connectivity index (χ0v) is 17.4. The minimum absolute atomic E-state index is 0.226. The second-order valence-corrected chi connectivity index (χ2v) is 7.97.